The van der Waals surface area contributed by atoms with Crippen LogP contribution in [0.1, 0.15) is 18.0 Å². The highest BCUT2D eigenvalue weighted by Crippen LogP contribution is 2.09. The molecule has 0 fully saturated rings. The fraction of sp³-hybridized carbons (Fsp3) is 0.545. The standard InChI is InChI=1S/C11H18N4O5S/c1-15-6-7(5-13-15)9(12)10(16)14-8(11(17)18)3-4-21(2,19)20/h5-6,8-9H,3-4,12H2,1-2H3,(H,14,16)(H,17,18). The largest absolute Gasteiger partial charge is 0.480 e. The molecule has 1 aromatic rings. The number of nitrogens with one attached hydrogen (secondary N) is 1. The van der Waals surface area contributed by atoms with Crippen molar-refractivity contribution in [1.29, 1.82) is 0 Å². The Morgan fingerprint density at radius 1 is 1.52 bits per heavy atom. The SMILES string of the molecule is Cn1cc(C(N)C(=O)NC(CCS(C)(=O)=O)C(=O)O)cn1. The lowest BCUT2D eigenvalue weighted by atomic mass is 10.1. The summed E-state index contributed by atoms with van der Waals surface area (Å²) in [7, 11) is -1.66. The molecule has 0 aromatic carbocycles. The van der Waals surface area contributed by atoms with Crippen molar-refractivity contribution in [3.8, 4) is 0 Å². The average Bonchev–Trinajstić information content (AvgIpc) is 2.78. The summed E-state index contributed by atoms with van der Waals surface area (Å²) in [6, 6.07) is -2.38. The van der Waals surface area contributed by atoms with E-state index in [0.717, 1.165) is 6.26 Å². The molecule has 1 aromatic heterocycles. The van der Waals surface area contributed by atoms with E-state index >= 15 is 0 Å². The quantitative estimate of drug-likeness (QED) is 0.550. The number of carboxylic acids is 1. The topological polar surface area (TPSA) is 144 Å². The van der Waals surface area contributed by atoms with E-state index in [-0.39, 0.29) is 12.2 Å². The summed E-state index contributed by atoms with van der Waals surface area (Å²) in [5.74, 6) is -2.36. The van der Waals surface area contributed by atoms with Gasteiger partial charge in [-0.3, -0.25) is 9.48 Å². The van der Waals surface area contributed by atoms with Crippen molar-refractivity contribution in [2.24, 2.45) is 12.8 Å². The van der Waals surface area contributed by atoms with Gasteiger partial charge in [0.2, 0.25) is 5.91 Å². The Labute approximate surface area is 122 Å². The molecule has 0 spiro atoms. The number of hydrogen-bond acceptors (Lipinski definition) is 6. The van der Waals surface area contributed by atoms with Crippen LogP contribution in [0, 0.1) is 0 Å². The number of hydrogen-bond donors (Lipinski definition) is 3. The molecule has 10 heteroatoms. The summed E-state index contributed by atoms with van der Waals surface area (Å²) in [5, 5.41) is 15.1. The smallest absolute Gasteiger partial charge is 0.326 e. The van der Waals surface area contributed by atoms with Crippen LogP contribution in [0.3, 0.4) is 0 Å². The van der Waals surface area contributed by atoms with Crippen LogP contribution in [0.2, 0.25) is 0 Å². The number of aliphatic carboxylic acids is 1. The Hall–Kier alpha value is -1.94. The molecule has 1 rings (SSSR count). The summed E-state index contributed by atoms with van der Waals surface area (Å²) < 4.78 is 23.6. The van der Waals surface area contributed by atoms with Crippen molar-refractivity contribution in [2.45, 2.75) is 18.5 Å². The van der Waals surface area contributed by atoms with Crippen molar-refractivity contribution < 1.29 is 23.1 Å². The fourth-order valence-electron chi connectivity index (χ4n) is 1.60. The molecular weight excluding hydrogens is 300 g/mol. The lowest BCUT2D eigenvalue weighted by Crippen LogP contribution is -2.45. The van der Waals surface area contributed by atoms with Crippen molar-refractivity contribution in [1.82, 2.24) is 15.1 Å². The van der Waals surface area contributed by atoms with Crippen molar-refractivity contribution in [3.63, 3.8) is 0 Å². The van der Waals surface area contributed by atoms with Gasteiger partial charge in [0.15, 0.2) is 0 Å². The molecule has 0 saturated carbocycles. The van der Waals surface area contributed by atoms with Gasteiger partial charge in [0.05, 0.1) is 11.9 Å². The van der Waals surface area contributed by atoms with Crippen LogP contribution in [0.5, 0.6) is 0 Å². The predicted octanol–water partition coefficient (Wildman–Crippen LogP) is -1.58. The number of amides is 1. The Bertz CT molecular complexity index is 624. The van der Waals surface area contributed by atoms with Gasteiger partial charge in [-0.25, -0.2) is 13.2 Å². The molecule has 1 heterocycles. The Balaban J connectivity index is 2.70. The highest BCUT2D eigenvalue weighted by atomic mass is 32.2. The fourth-order valence-corrected chi connectivity index (χ4v) is 2.27. The molecule has 0 saturated heterocycles. The first-order valence-electron chi connectivity index (χ1n) is 6.05. The van der Waals surface area contributed by atoms with E-state index < -0.39 is 33.8 Å². The number of carbonyl (C=O) groups is 2. The molecule has 0 bridgehead atoms. The zero-order chi connectivity index (χ0) is 16.2. The second kappa shape index (κ2) is 6.68. The van der Waals surface area contributed by atoms with Crippen LogP contribution in [-0.2, 0) is 26.5 Å². The number of sulfone groups is 1. The maximum atomic E-state index is 11.9. The van der Waals surface area contributed by atoms with Crippen LogP contribution in [0.15, 0.2) is 12.4 Å². The zero-order valence-corrected chi connectivity index (χ0v) is 12.5. The third-order valence-corrected chi connectivity index (χ3v) is 3.74. The van der Waals surface area contributed by atoms with Gasteiger partial charge >= 0.3 is 5.97 Å². The Kier molecular flexibility index (Phi) is 5.44. The Morgan fingerprint density at radius 2 is 2.14 bits per heavy atom. The normalized spacial score (nSPS) is 14.4. The Morgan fingerprint density at radius 3 is 2.57 bits per heavy atom. The minimum Gasteiger partial charge on any atom is -0.480 e. The van der Waals surface area contributed by atoms with E-state index in [4.69, 9.17) is 10.8 Å². The minimum atomic E-state index is -3.32. The molecule has 4 N–H and O–H groups in total. The zero-order valence-electron chi connectivity index (χ0n) is 11.7. The van der Waals surface area contributed by atoms with Crippen LogP contribution in [0.4, 0.5) is 0 Å². The number of aromatic nitrogens is 2. The van der Waals surface area contributed by atoms with Crippen molar-refractivity contribution in [2.75, 3.05) is 12.0 Å². The van der Waals surface area contributed by atoms with Gasteiger partial charge in [-0.15, -0.1) is 0 Å². The molecule has 0 aliphatic heterocycles. The minimum absolute atomic E-state index is 0.223. The molecule has 118 valence electrons. The number of aryl methyl sites for hydroxylation is 1. The van der Waals surface area contributed by atoms with Crippen LogP contribution in [0.25, 0.3) is 0 Å². The average molecular weight is 318 g/mol. The molecule has 0 radical (unpaired) electrons. The van der Waals surface area contributed by atoms with Gasteiger partial charge in [-0.1, -0.05) is 0 Å². The monoisotopic (exact) mass is 318 g/mol. The molecule has 1 amide bonds. The van der Waals surface area contributed by atoms with Gasteiger partial charge in [0.1, 0.15) is 21.9 Å². The predicted molar refractivity (Wildman–Crippen MR) is 74.0 cm³/mol. The third kappa shape index (κ3) is 5.52. The first kappa shape index (κ1) is 17.1. The summed E-state index contributed by atoms with van der Waals surface area (Å²) >= 11 is 0. The van der Waals surface area contributed by atoms with Gasteiger partial charge < -0.3 is 16.2 Å². The molecule has 0 aliphatic rings. The van der Waals surface area contributed by atoms with E-state index in [9.17, 15) is 18.0 Å². The maximum absolute atomic E-state index is 11.9. The van der Waals surface area contributed by atoms with E-state index in [1.165, 1.54) is 17.1 Å². The van der Waals surface area contributed by atoms with Crippen molar-refractivity contribution in [3.05, 3.63) is 18.0 Å². The molecule has 9 nitrogen and oxygen atoms in total. The third-order valence-electron chi connectivity index (χ3n) is 2.76. The van der Waals surface area contributed by atoms with E-state index in [0.29, 0.717) is 5.56 Å². The first-order valence-corrected chi connectivity index (χ1v) is 8.11. The highest BCUT2D eigenvalue weighted by Gasteiger charge is 2.25. The molecule has 0 aliphatic carbocycles. The molecule has 21 heavy (non-hydrogen) atoms. The van der Waals surface area contributed by atoms with Crippen molar-refractivity contribution >= 4 is 21.7 Å². The summed E-state index contributed by atoms with van der Waals surface area (Å²) in [4.78, 5) is 23.0. The lowest BCUT2D eigenvalue weighted by molar-refractivity contribution is -0.142. The van der Waals surface area contributed by atoms with E-state index in [2.05, 4.69) is 10.4 Å². The van der Waals surface area contributed by atoms with Gasteiger partial charge in [-0.2, -0.15) is 5.10 Å². The van der Waals surface area contributed by atoms with Gasteiger partial charge in [-0.05, 0) is 6.42 Å². The molecule has 2 atom stereocenters. The number of rotatable bonds is 7. The van der Waals surface area contributed by atoms with Crippen LogP contribution < -0.4 is 11.1 Å². The molecular formula is C11H18N4O5S. The summed E-state index contributed by atoms with van der Waals surface area (Å²) in [6.45, 7) is 0. The van der Waals surface area contributed by atoms with Gasteiger partial charge in [0.25, 0.3) is 0 Å². The number of carboxylic acid groups (broad SMARTS) is 1. The molecule has 2 unspecified atom stereocenters. The summed E-state index contributed by atoms with van der Waals surface area (Å²) in [6.07, 6.45) is 3.71. The van der Waals surface area contributed by atoms with E-state index in [1.54, 1.807) is 7.05 Å². The second-order valence-corrected chi connectivity index (χ2v) is 7.00. The van der Waals surface area contributed by atoms with Crippen LogP contribution in [-0.4, -0.2) is 53.2 Å². The van der Waals surface area contributed by atoms with Crippen LogP contribution >= 0.6 is 0 Å². The van der Waals surface area contributed by atoms with Gasteiger partial charge in [0, 0.05) is 25.1 Å². The highest BCUT2D eigenvalue weighted by molar-refractivity contribution is 7.90. The van der Waals surface area contributed by atoms with E-state index in [1.807, 2.05) is 0 Å². The number of carbonyl (C=O) groups excluding carboxylic acids is 1. The lowest BCUT2D eigenvalue weighted by Gasteiger charge is -2.16. The number of nitrogens with zero attached hydrogens (tertiary/aromatic N) is 2. The summed E-state index contributed by atoms with van der Waals surface area (Å²) in [5.41, 5.74) is 6.14. The second-order valence-electron chi connectivity index (χ2n) is 4.74. The number of nitrogens with two attached hydrogens (primary N) is 1. The first-order chi connectivity index (χ1) is 9.60. The maximum Gasteiger partial charge on any atom is 0.326 e.